The van der Waals surface area contributed by atoms with Crippen LogP contribution in [0.25, 0.3) is 21.8 Å². The molecule has 80 valence electrons. The first kappa shape index (κ1) is 9.21. The number of benzene rings is 1. The normalized spacial score (nSPS) is 11.4. The van der Waals surface area contributed by atoms with Gasteiger partial charge in [-0.25, -0.2) is 4.98 Å². The van der Waals surface area contributed by atoms with Crippen molar-refractivity contribution in [3.8, 4) is 0 Å². The van der Waals surface area contributed by atoms with Crippen LogP contribution in [0.3, 0.4) is 0 Å². The zero-order valence-electron chi connectivity index (χ0n) is 9.36. The highest BCUT2D eigenvalue weighted by atomic mass is 15.0. The van der Waals surface area contributed by atoms with Gasteiger partial charge in [-0.05, 0) is 18.6 Å². The quantitative estimate of drug-likeness (QED) is 0.621. The molecule has 16 heavy (non-hydrogen) atoms. The number of aryl methyl sites for hydroxylation is 2. The number of pyridine rings is 1. The van der Waals surface area contributed by atoms with Crippen molar-refractivity contribution in [1.82, 2.24) is 9.55 Å². The van der Waals surface area contributed by atoms with Gasteiger partial charge in [0.2, 0.25) is 0 Å². The number of nitrogens with zero attached hydrogens (tertiary/aromatic N) is 2. The van der Waals surface area contributed by atoms with Crippen LogP contribution in [-0.4, -0.2) is 9.55 Å². The Bertz CT molecular complexity index is 695. The molecular weight excluding hydrogens is 198 g/mol. The number of nitrogens with two attached hydrogens (primary N) is 1. The number of aromatic nitrogens is 2. The fourth-order valence-corrected chi connectivity index (χ4v) is 2.39. The van der Waals surface area contributed by atoms with E-state index in [1.165, 1.54) is 21.9 Å². The minimum Gasteiger partial charge on any atom is -0.384 e. The molecular formula is C13H13N3. The summed E-state index contributed by atoms with van der Waals surface area (Å²) in [5.41, 5.74) is 9.39. The van der Waals surface area contributed by atoms with Gasteiger partial charge in [-0.2, -0.15) is 0 Å². The second kappa shape index (κ2) is 2.98. The Morgan fingerprint density at radius 3 is 2.88 bits per heavy atom. The van der Waals surface area contributed by atoms with E-state index in [2.05, 4.69) is 41.7 Å². The maximum absolute atomic E-state index is 5.74. The average molecular weight is 211 g/mol. The van der Waals surface area contributed by atoms with Crippen LogP contribution in [0.2, 0.25) is 0 Å². The van der Waals surface area contributed by atoms with Gasteiger partial charge in [0.1, 0.15) is 5.82 Å². The molecule has 0 unspecified atom stereocenters. The third-order valence-corrected chi connectivity index (χ3v) is 3.13. The molecule has 2 N–H and O–H groups in total. The summed E-state index contributed by atoms with van der Waals surface area (Å²) < 4.78 is 2.17. The van der Waals surface area contributed by atoms with E-state index in [9.17, 15) is 0 Å². The van der Waals surface area contributed by atoms with Crippen LogP contribution in [0.15, 0.2) is 30.5 Å². The molecule has 3 aromatic rings. The van der Waals surface area contributed by atoms with Crippen LogP contribution in [0.4, 0.5) is 5.82 Å². The van der Waals surface area contributed by atoms with Gasteiger partial charge in [0.25, 0.3) is 0 Å². The molecule has 3 nitrogen and oxygen atoms in total. The predicted octanol–water partition coefficient (Wildman–Crippen LogP) is 2.62. The van der Waals surface area contributed by atoms with E-state index in [1.807, 2.05) is 12.3 Å². The maximum atomic E-state index is 5.74. The molecule has 0 radical (unpaired) electrons. The third-order valence-electron chi connectivity index (χ3n) is 3.13. The van der Waals surface area contributed by atoms with Gasteiger partial charge >= 0.3 is 0 Å². The molecule has 2 heterocycles. The predicted molar refractivity (Wildman–Crippen MR) is 67.4 cm³/mol. The number of anilines is 1. The summed E-state index contributed by atoms with van der Waals surface area (Å²) >= 11 is 0. The lowest BCUT2D eigenvalue weighted by Gasteiger charge is -2.00. The minimum absolute atomic E-state index is 0.571. The van der Waals surface area contributed by atoms with Gasteiger partial charge < -0.3 is 10.3 Å². The highest BCUT2D eigenvalue weighted by molar-refractivity contribution is 6.09. The van der Waals surface area contributed by atoms with Crippen LogP contribution in [0.1, 0.15) is 5.56 Å². The third kappa shape index (κ3) is 1.05. The van der Waals surface area contributed by atoms with Crippen LogP contribution >= 0.6 is 0 Å². The molecule has 0 amide bonds. The van der Waals surface area contributed by atoms with Crippen LogP contribution in [-0.2, 0) is 7.05 Å². The zero-order chi connectivity index (χ0) is 11.3. The first-order valence-electron chi connectivity index (χ1n) is 5.27. The molecule has 0 saturated heterocycles. The lowest BCUT2D eigenvalue weighted by molar-refractivity contribution is 1.00. The summed E-state index contributed by atoms with van der Waals surface area (Å²) in [4.78, 5) is 4.15. The summed E-state index contributed by atoms with van der Waals surface area (Å²) in [6, 6.07) is 8.27. The van der Waals surface area contributed by atoms with Gasteiger partial charge in [0.15, 0.2) is 0 Å². The van der Waals surface area contributed by atoms with Crippen molar-refractivity contribution in [1.29, 1.82) is 0 Å². The number of para-hydroxylation sites is 1. The highest BCUT2D eigenvalue weighted by Gasteiger charge is 2.09. The summed E-state index contributed by atoms with van der Waals surface area (Å²) in [6.45, 7) is 2.12. The van der Waals surface area contributed by atoms with Crippen molar-refractivity contribution < 1.29 is 0 Å². The standard InChI is InChI=1S/C13H13N3/c1-8-4-3-5-9-10-6-12(14)15-7-11(10)16(2)13(8)9/h3-7H,1-2H3,(H2,14,15). The SMILES string of the molecule is Cc1cccc2c3cc(N)ncc3n(C)c12. The molecule has 0 atom stereocenters. The molecule has 0 fully saturated rings. The molecule has 0 spiro atoms. The number of rotatable bonds is 0. The fraction of sp³-hybridized carbons (Fsp3) is 0.154. The van der Waals surface area contributed by atoms with Gasteiger partial charge in [0.05, 0.1) is 17.2 Å². The van der Waals surface area contributed by atoms with Crippen LogP contribution in [0, 0.1) is 6.92 Å². The van der Waals surface area contributed by atoms with Crippen molar-refractivity contribution in [2.75, 3.05) is 5.73 Å². The van der Waals surface area contributed by atoms with Crippen LogP contribution < -0.4 is 5.73 Å². The molecule has 0 saturated carbocycles. The van der Waals surface area contributed by atoms with Crippen molar-refractivity contribution >= 4 is 27.6 Å². The van der Waals surface area contributed by atoms with Crippen molar-refractivity contribution in [2.24, 2.45) is 7.05 Å². The Labute approximate surface area is 93.5 Å². The van der Waals surface area contributed by atoms with Crippen molar-refractivity contribution in [3.05, 3.63) is 36.0 Å². The summed E-state index contributed by atoms with van der Waals surface area (Å²) in [6.07, 6.45) is 1.84. The van der Waals surface area contributed by atoms with Gasteiger partial charge in [-0.3, -0.25) is 0 Å². The zero-order valence-corrected chi connectivity index (χ0v) is 9.36. The lowest BCUT2D eigenvalue weighted by atomic mass is 10.1. The second-order valence-electron chi connectivity index (χ2n) is 4.16. The Morgan fingerprint density at radius 1 is 1.25 bits per heavy atom. The number of fused-ring (bicyclic) bond motifs is 3. The first-order valence-corrected chi connectivity index (χ1v) is 5.27. The summed E-state index contributed by atoms with van der Waals surface area (Å²) in [7, 11) is 2.07. The lowest BCUT2D eigenvalue weighted by Crippen LogP contribution is -1.91. The van der Waals surface area contributed by atoms with Gasteiger partial charge in [-0.1, -0.05) is 18.2 Å². The smallest absolute Gasteiger partial charge is 0.124 e. The van der Waals surface area contributed by atoms with E-state index in [4.69, 9.17) is 5.73 Å². The summed E-state index contributed by atoms with van der Waals surface area (Å²) in [5, 5.41) is 2.42. The second-order valence-corrected chi connectivity index (χ2v) is 4.16. The Hall–Kier alpha value is -2.03. The molecule has 2 aromatic heterocycles. The number of hydrogen-bond donors (Lipinski definition) is 1. The largest absolute Gasteiger partial charge is 0.384 e. The van der Waals surface area contributed by atoms with Crippen molar-refractivity contribution in [3.63, 3.8) is 0 Å². The van der Waals surface area contributed by atoms with E-state index in [0.717, 1.165) is 5.52 Å². The van der Waals surface area contributed by atoms with Crippen LogP contribution in [0.5, 0.6) is 0 Å². The highest BCUT2D eigenvalue weighted by Crippen LogP contribution is 2.30. The number of nitrogen functional groups attached to an aromatic ring is 1. The molecule has 3 rings (SSSR count). The minimum atomic E-state index is 0.571. The van der Waals surface area contributed by atoms with E-state index in [1.54, 1.807) is 0 Å². The first-order chi connectivity index (χ1) is 7.68. The molecule has 0 aliphatic heterocycles. The van der Waals surface area contributed by atoms with Gasteiger partial charge in [-0.15, -0.1) is 0 Å². The summed E-state index contributed by atoms with van der Waals surface area (Å²) in [5.74, 6) is 0.571. The molecule has 1 aromatic carbocycles. The molecule has 0 bridgehead atoms. The average Bonchev–Trinajstić information content (AvgIpc) is 2.54. The Balaban J connectivity index is 2.65. The Morgan fingerprint density at radius 2 is 2.06 bits per heavy atom. The van der Waals surface area contributed by atoms with Gasteiger partial charge in [0, 0.05) is 17.8 Å². The van der Waals surface area contributed by atoms with E-state index >= 15 is 0 Å². The van der Waals surface area contributed by atoms with E-state index in [0.29, 0.717) is 5.82 Å². The number of hydrogen-bond acceptors (Lipinski definition) is 2. The molecule has 0 aliphatic rings. The topological polar surface area (TPSA) is 43.8 Å². The van der Waals surface area contributed by atoms with Crippen molar-refractivity contribution in [2.45, 2.75) is 6.92 Å². The van der Waals surface area contributed by atoms with E-state index < -0.39 is 0 Å². The molecule has 3 heteroatoms. The Kier molecular flexibility index (Phi) is 1.72. The monoisotopic (exact) mass is 211 g/mol. The maximum Gasteiger partial charge on any atom is 0.124 e. The fourth-order valence-electron chi connectivity index (χ4n) is 2.39. The molecule has 0 aliphatic carbocycles. The van der Waals surface area contributed by atoms with E-state index in [-0.39, 0.29) is 0 Å².